The van der Waals surface area contributed by atoms with Gasteiger partial charge >= 0.3 is 0 Å². The molecule has 2 aromatic rings. The normalized spacial score (nSPS) is 15.3. The smallest absolute Gasteiger partial charge is 0.265 e. The number of hydrogen-bond donors (Lipinski definition) is 1. The van der Waals surface area contributed by atoms with Crippen molar-refractivity contribution in [2.75, 3.05) is 25.2 Å². The fraction of sp³-hybridized carbons (Fsp3) is 0.300. The van der Waals surface area contributed by atoms with E-state index in [1.807, 2.05) is 31.2 Å². The van der Waals surface area contributed by atoms with Crippen LogP contribution in [0.5, 0.6) is 11.5 Å². The minimum absolute atomic E-state index is 0.143. The Bertz CT molecular complexity index is 789. The van der Waals surface area contributed by atoms with Gasteiger partial charge in [-0.25, -0.2) is 0 Å². The van der Waals surface area contributed by atoms with Crippen molar-refractivity contribution in [2.45, 2.75) is 19.4 Å². The number of nitrogens with one attached hydrogen (secondary N) is 1. The van der Waals surface area contributed by atoms with Crippen LogP contribution in [0.1, 0.15) is 12.5 Å². The molecule has 1 aliphatic rings. The molecule has 0 bridgehead atoms. The van der Waals surface area contributed by atoms with Crippen LogP contribution in [0.3, 0.4) is 0 Å². The summed E-state index contributed by atoms with van der Waals surface area (Å²) in [6, 6.07) is 14.1. The zero-order chi connectivity index (χ0) is 18.5. The number of hydrogen-bond acceptors (Lipinski definition) is 4. The Hall–Kier alpha value is -3.02. The number of benzene rings is 2. The molecule has 1 atom stereocenters. The van der Waals surface area contributed by atoms with Gasteiger partial charge in [0.15, 0.2) is 6.61 Å². The number of carbonyl (C=O) groups is 2. The quantitative estimate of drug-likeness (QED) is 0.863. The summed E-state index contributed by atoms with van der Waals surface area (Å²) >= 11 is 0. The van der Waals surface area contributed by atoms with E-state index < -0.39 is 6.04 Å². The Kier molecular flexibility index (Phi) is 5.41. The molecule has 1 heterocycles. The molecule has 0 radical (unpaired) electrons. The molecule has 0 aliphatic carbocycles. The largest absolute Gasteiger partial charge is 0.494 e. The Balaban J connectivity index is 1.71. The van der Waals surface area contributed by atoms with Crippen molar-refractivity contribution in [3.63, 3.8) is 0 Å². The molecule has 1 aliphatic heterocycles. The lowest BCUT2D eigenvalue weighted by Crippen LogP contribution is -2.48. The van der Waals surface area contributed by atoms with E-state index in [9.17, 15) is 9.59 Å². The van der Waals surface area contributed by atoms with Gasteiger partial charge in [-0.2, -0.15) is 0 Å². The Morgan fingerprint density at radius 1 is 1.08 bits per heavy atom. The molecule has 136 valence electrons. The van der Waals surface area contributed by atoms with Gasteiger partial charge in [0.25, 0.3) is 5.91 Å². The van der Waals surface area contributed by atoms with Crippen LogP contribution in [0.25, 0.3) is 0 Å². The summed E-state index contributed by atoms with van der Waals surface area (Å²) in [5, 5.41) is 2.63. The zero-order valence-corrected chi connectivity index (χ0v) is 14.9. The van der Waals surface area contributed by atoms with E-state index in [0.717, 1.165) is 17.0 Å². The molecular weight excluding hydrogens is 332 g/mol. The highest BCUT2D eigenvalue weighted by Crippen LogP contribution is 2.32. The lowest BCUT2D eigenvalue weighted by molar-refractivity contribution is -0.126. The second-order valence-electron chi connectivity index (χ2n) is 5.92. The molecule has 26 heavy (non-hydrogen) atoms. The van der Waals surface area contributed by atoms with Crippen molar-refractivity contribution in [2.24, 2.45) is 0 Å². The summed E-state index contributed by atoms with van der Waals surface area (Å²) in [6.45, 7) is 2.36. The summed E-state index contributed by atoms with van der Waals surface area (Å²) in [7, 11) is 1.57. The van der Waals surface area contributed by atoms with Crippen LogP contribution in [0.2, 0.25) is 0 Å². The van der Waals surface area contributed by atoms with Crippen LogP contribution in [0, 0.1) is 0 Å². The van der Waals surface area contributed by atoms with E-state index in [4.69, 9.17) is 9.47 Å². The third-order valence-corrected chi connectivity index (χ3v) is 4.29. The van der Waals surface area contributed by atoms with E-state index in [1.165, 1.54) is 4.90 Å². The third kappa shape index (κ3) is 3.64. The van der Waals surface area contributed by atoms with Crippen LogP contribution < -0.4 is 19.7 Å². The predicted octanol–water partition coefficient (Wildman–Crippen LogP) is 2.17. The molecule has 1 N–H and O–H groups in total. The molecular formula is C20H22N2O4. The maximum absolute atomic E-state index is 12.8. The predicted molar refractivity (Wildman–Crippen MR) is 98.6 cm³/mol. The number of amides is 2. The van der Waals surface area contributed by atoms with Crippen LogP contribution in [-0.4, -0.2) is 38.1 Å². The highest BCUT2D eigenvalue weighted by atomic mass is 16.5. The Morgan fingerprint density at radius 3 is 2.38 bits per heavy atom. The first-order valence-corrected chi connectivity index (χ1v) is 8.61. The van der Waals surface area contributed by atoms with Crippen LogP contribution in [0.15, 0.2) is 48.5 Å². The fourth-order valence-corrected chi connectivity index (χ4v) is 3.08. The lowest BCUT2D eigenvalue weighted by atomic mass is 10.1. The SMILES string of the molecule is CCOc1ccc(OCC(=O)N2c3ccccc3C[C@H]2C(=O)NC)cc1. The number of para-hydroxylation sites is 1. The maximum Gasteiger partial charge on any atom is 0.265 e. The van der Waals surface area contributed by atoms with Gasteiger partial charge in [-0.3, -0.25) is 14.5 Å². The molecule has 0 saturated heterocycles. The molecule has 0 saturated carbocycles. The lowest BCUT2D eigenvalue weighted by Gasteiger charge is -2.24. The van der Waals surface area contributed by atoms with Crippen molar-refractivity contribution in [3.05, 3.63) is 54.1 Å². The van der Waals surface area contributed by atoms with Crippen molar-refractivity contribution < 1.29 is 19.1 Å². The first-order chi connectivity index (χ1) is 12.6. The third-order valence-electron chi connectivity index (χ3n) is 4.29. The summed E-state index contributed by atoms with van der Waals surface area (Å²) in [5.74, 6) is 0.887. The average Bonchev–Trinajstić information content (AvgIpc) is 3.06. The molecule has 0 fully saturated rings. The van der Waals surface area contributed by atoms with E-state index in [2.05, 4.69) is 5.32 Å². The minimum atomic E-state index is -0.547. The van der Waals surface area contributed by atoms with E-state index in [-0.39, 0.29) is 18.4 Å². The van der Waals surface area contributed by atoms with Crippen LogP contribution >= 0.6 is 0 Å². The number of carbonyl (C=O) groups excluding carboxylic acids is 2. The number of ether oxygens (including phenoxy) is 2. The Morgan fingerprint density at radius 2 is 1.73 bits per heavy atom. The highest BCUT2D eigenvalue weighted by molar-refractivity contribution is 6.04. The second-order valence-corrected chi connectivity index (χ2v) is 5.92. The molecule has 0 spiro atoms. The number of anilines is 1. The van der Waals surface area contributed by atoms with E-state index in [1.54, 1.807) is 31.3 Å². The zero-order valence-electron chi connectivity index (χ0n) is 14.9. The number of rotatable bonds is 6. The van der Waals surface area contributed by atoms with Crippen molar-refractivity contribution in [1.29, 1.82) is 0 Å². The van der Waals surface area contributed by atoms with Crippen LogP contribution in [0.4, 0.5) is 5.69 Å². The maximum atomic E-state index is 12.8. The summed E-state index contributed by atoms with van der Waals surface area (Å²) in [5.41, 5.74) is 1.75. The van der Waals surface area contributed by atoms with Crippen molar-refractivity contribution in [3.8, 4) is 11.5 Å². The van der Waals surface area contributed by atoms with E-state index in [0.29, 0.717) is 18.8 Å². The van der Waals surface area contributed by atoms with Gasteiger partial charge in [0.05, 0.1) is 6.61 Å². The van der Waals surface area contributed by atoms with Crippen molar-refractivity contribution >= 4 is 17.5 Å². The highest BCUT2D eigenvalue weighted by Gasteiger charge is 2.37. The van der Waals surface area contributed by atoms with Gasteiger partial charge in [0.2, 0.25) is 5.91 Å². The van der Waals surface area contributed by atoms with E-state index >= 15 is 0 Å². The average molecular weight is 354 g/mol. The number of likely N-dealkylation sites (N-methyl/N-ethyl adjacent to an activating group) is 1. The van der Waals surface area contributed by atoms with Gasteiger partial charge in [-0.1, -0.05) is 18.2 Å². The number of nitrogens with zero attached hydrogens (tertiary/aromatic N) is 1. The summed E-state index contributed by atoms with van der Waals surface area (Å²) < 4.78 is 11.0. The molecule has 0 aromatic heterocycles. The molecule has 6 nitrogen and oxygen atoms in total. The van der Waals surface area contributed by atoms with Gasteiger partial charge in [0.1, 0.15) is 17.5 Å². The monoisotopic (exact) mass is 354 g/mol. The Labute approximate surface area is 152 Å². The first-order valence-electron chi connectivity index (χ1n) is 8.61. The summed E-state index contributed by atoms with van der Waals surface area (Å²) in [4.78, 5) is 26.5. The fourth-order valence-electron chi connectivity index (χ4n) is 3.08. The topological polar surface area (TPSA) is 67.9 Å². The molecule has 0 unspecified atom stereocenters. The second kappa shape index (κ2) is 7.91. The summed E-state index contributed by atoms with van der Waals surface area (Å²) in [6.07, 6.45) is 0.505. The standard InChI is InChI=1S/C20H22N2O4/c1-3-25-15-8-10-16(11-9-15)26-13-19(23)22-17-7-5-4-6-14(17)12-18(22)20(24)21-2/h4-11,18H,3,12-13H2,1-2H3,(H,21,24)/t18-/m0/s1. The van der Waals surface area contributed by atoms with Crippen LogP contribution in [-0.2, 0) is 16.0 Å². The minimum Gasteiger partial charge on any atom is -0.494 e. The van der Waals surface area contributed by atoms with Gasteiger partial charge in [-0.15, -0.1) is 0 Å². The van der Waals surface area contributed by atoms with Crippen molar-refractivity contribution in [1.82, 2.24) is 5.32 Å². The molecule has 6 heteroatoms. The number of fused-ring (bicyclic) bond motifs is 1. The van der Waals surface area contributed by atoms with Gasteiger partial charge < -0.3 is 14.8 Å². The van der Waals surface area contributed by atoms with Gasteiger partial charge in [-0.05, 0) is 42.8 Å². The first kappa shape index (κ1) is 17.8. The molecule has 2 aromatic carbocycles. The van der Waals surface area contributed by atoms with Gasteiger partial charge in [0, 0.05) is 19.2 Å². The molecule has 2 amide bonds. The molecule has 3 rings (SSSR count).